The van der Waals surface area contributed by atoms with Gasteiger partial charge in [-0.15, -0.1) is 0 Å². The van der Waals surface area contributed by atoms with Crippen molar-refractivity contribution in [3.05, 3.63) is 113 Å². The summed E-state index contributed by atoms with van der Waals surface area (Å²) in [4.78, 5) is 33.8. The summed E-state index contributed by atoms with van der Waals surface area (Å²) in [5.41, 5.74) is 4.85. The van der Waals surface area contributed by atoms with Gasteiger partial charge >= 0.3 is 5.97 Å². The maximum absolute atomic E-state index is 13.3. The van der Waals surface area contributed by atoms with Crippen molar-refractivity contribution in [1.82, 2.24) is 9.97 Å². The Bertz CT molecular complexity index is 1590. The van der Waals surface area contributed by atoms with E-state index in [-0.39, 0.29) is 17.3 Å². The number of carbonyl (C=O) groups excluding carboxylic acids is 1. The Hall–Kier alpha value is -4.22. The molecule has 0 radical (unpaired) electrons. The molecule has 0 amide bonds. The molecule has 0 fully saturated rings. The fourth-order valence-electron chi connectivity index (χ4n) is 4.99. The average molecular weight is 523 g/mol. The molecule has 2 N–H and O–H groups in total. The summed E-state index contributed by atoms with van der Waals surface area (Å²) < 4.78 is 0. The third-order valence-electron chi connectivity index (χ3n) is 6.84. The number of carboxylic acids is 1. The van der Waals surface area contributed by atoms with Gasteiger partial charge in [-0.3, -0.25) is 4.79 Å². The van der Waals surface area contributed by atoms with Crippen LogP contribution < -0.4 is 0 Å². The van der Waals surface area contributed by atoms with Crippen molar-refractivity contribution < 1.29 is 14.7 Å². The Morgan fingerprint density at radius 2 is 1.68 bits per heavy atom. The molecule has 0 unspecified atom stereocenters. The molecule has 0 saturated heterocycles. The topological polar surface area (TPSA) is 83.0 Å². The molecule has 1 aromatic heterocycles. The molecule has 4 aromatic carbocycles. The van der Waals surface area contributed by atoms with Crippen molar-refractivity contribution in [3.63, 3.8) is 0 Å². The predicted molar refractivity (Wildman–Crippen MR) is 152 cm³/mol. The number of hydrogen-bond donors (Lipinski definition) is 2. The van der Waals surface area contributed by atoms with Crippen LogP contribution in [0.3, 0.4) is 0 Å². The number of para-hydroxylation sites is 2. The van der Waals surface area contributed by atoms with E-state index in [0.29, 0.717) is 39.5 Å². The summed E-state index contributed by atoms with van der Waals surface area (Å²) in [6, 6.07) is 27.9. The SMILES string of the molecule is CCC[C@@H](CC(=O)c1ccc(-c2c(Cl)cccc2-c2nc3ccccc3[nH]2)c(C(=O)O)c1)c1ccccc1. The first-order chi connectivity index (χ1) is 18.5. The summed E-state index contributed by atoms with van der Waals surface area (Å²) in [5.74, 6) is -0.549. The lowest BCUT2D eigenvalue weighted by Gasteiger charge is -2.17. The van der Waals surface area contributed by atoms with Crippen molar-refractivity contribution in [1.29, 1.82) is 0 Å². The van der Waals surface area contributed by atoms with Gasteiger partial charge in [-0.1, -0.05) is 91.7 Å². The van der Waals surface area contributed by atoms with Crippen molar-refractivity contribution in [2.24, 2.45) is 0 Å². The lowest BCUT2D eigenvalue weighted by atomic mass is 9.87. The van der Waals surface area contributed by atoms with Crippen LogP contribution in [-0.2, 0) is 0 Å². The Balaban J connectivity index is 1.55. The van der Waals surface area contributed by atoms with E-state index in [1.807, 2.05) is 66.7 Å². The van der Waals surface area contributed by atoms with Gasteiger partial charge in [-0.2, -0.15) is 0 Å². The number of H-pyrrole nitrogens is 1. The Kier molecular flexibility index (Phi) is 7.38. The number of Topliss-reactive ketones (excluding diaryl/α,β-unsaturated/α-hetero) is 1. The Morgan fingerprint density at radius 1 is 0.921 bits per heavy atom. The predicted octanol–water partition coefficient (Wildman–Crippen LogP) is 8.41. The fraction of sp³-hybridized carbons (Fsp3) is 0.156. The zero-order valence-corrected chi connectivity index (χ0v) is 21.7. The van der Waals surface area contributed by atoms with E-state index in [4.69, 9.17) is 16.6 Å². The van der Waals surface area contributed by atoms with Crippen molar-refractivity contribution in [3.8, 4) is 22.5 Å². The second kappa shape index (κ2) is 11.0. The van der Waals surface area contributed by atoms with Crippen molar-refractivity contribution in [2.75, 3.05) is 0 Å². The molecule has 1 heterocycles. The van der Waals surface area contributed by atoms with E-state index in [0.717, 1.165) is 29.4 Å². The molecule has 190 valence electrons. The first kappa shape index (κ1) is 25.4. The minimum absolute atomic E-state index is 0.0214. The second-order valence-electron chi connectivity index (χ2n) is 9.35. The number of carbonyl (C=O) groups is 2. The zero-order chi connectivity index (χ0) is 26.6. The Morgan fingerprint density at radius 3 is 2.42 bits per heavy atom. The molecule has 0 spiro atoms. The smallest absolute Gasteiger partial charge is 0.336 e. The van der Waals surface area contributed by atoms with E-state index >= 15 is 0 Å². The maximum Gasteiger partial charge on any atom is 0.336 e. The zero-order valence-electron chi connectivity index (χ0n) is 20.9. The van der Waals surface area contributed by atoms with Gasteiger partial charge in [0.15, 0.2) is 5.78 Å². The van der Waals surface area contributed by atoms with Crippen LogP contribution in [0.5, 0.6) is 0 Å². The second-order valence-corrected chi connectivity index (χ2v) is 9.76. The number of halogens is 1. The molecule has 38 heavy (non-hydrogen) atoms. The quantitative estimate of drug-likeness (QED) is 0.190. The molecular formula is C32H27ClN2O3. The molecule has 0 aliphatic heterocycles. The number of fused-ring (bicyclic) bond motifs is 1. The first-order valence-corrected chi connectivity index (χ1v) is 13.0. The fourth-order valence-corrected chi connectivity index (χ4v) is 5.27. The Labute approximate surface area is 226 Å². The standard InChI is InChI=1S/C32H27ClN2O3/c1-2-9-21(20-10-4-3-5-11-20)19-29(36)22-16-17-23(25(18-22)32(37)38)30-24(12-8-13-26(30)33)31-34-27-14-6-7-15-28(27)35-31/h3-8,10-18,21H,2,9,19H2,1H3,(H,34,35)(H,37,38)/t21-/m0/s1. The highest BCUT2D eigenvalue weighted by Gasteiger charge is 2.23. The van der Waals surface area contributed by atoms with Crippen LogP contribution in [0.25, 0.3) is 33.5 Å². The molecule has 5 aromatic rings. The van der Waals surface area contributed by atoms with Gasteiger partial charge in [0.1, 0.15) is 5.82 Å². The van der Waals surface area contributed by atoms with Crippen LogP contribution in [0.2, 0.25) is 5.02 Å². The van der Waals surface area contributed by atoms with Gasteiger partial charge in [-0.25, -0.2) is 9.78 Å². The number of ketones is 1. The number of aromatic carboxylic acids is 1. The van der Waals surface area contributed by atoms with Gasteiger partial charge in [0, 0.05) is 28.1 Å². The molecule has 5 nitrogen and oxygen atoms in total. The minimum atomic E-state index is -1.13. The highest BCUT2D eigenvalue weighted by Crippen LogP contribution is 2.39. The molecule has 5 rings (SSSR count). The summed E-state index contributed by atoms with van der Waals surface area (Å²) in [7, 11) is 0. The number of hydrogen-bond acceptors (Lipinski definition) is 3. The summed E-state index contributed by atoms with van der Waals surface area (Å²) in [6.07, 6.45) is 2.13. The molecule has 0 saturated carbocycles. The highest BCUT2D eigenvalue weighted by molar-refractivity contribution is 6.34. The molecule has 6 heteroatoms. The lowest BCUT2D eigenvalue weighted by molar-refractivity contribution is 0.0697. The number of carboxylic acid groups (broad SMARTS) is 1. The molecule has 0 aliphatic carbocycles. The van der Waals surface area contributed by atoms with Crippen LogP contribution in [0.15, 0.2) is 91.0 Å². The van der Waals surface area contributed by atoms with Crippen LogP contribution in [0.4, 0.5) is 0 Å². The number of nitrogens with zero attached hydrogens (tertiary/aromatic N) is 1. The molecule has 0 bridgehead atoms. The maximum atomic E-state index is 13.3. The monoisotopic (exact) mass is 522 g/mol. The minimum Gasteiger partial charge on any atom is -0.478 e. The van der Waals surface area contributed by atoms with Crippen molar-refractivity contribution in [2.45, 2.75) is 32.1 Å². The normalized spacial score (nSPS) is 11.9. The highest BCUT2D eigenvalue weighted by atomic mass is 35.5. The van der Waals surface area contributed by atoms with Gasteiger partial charge in [0.2, 0.25) is 0 Å². The van der Waals surface area contributed by atoms with Gasteiger partial charge in [0.25, 0.3) is 0 Å². The van der Waals surface area contributed by atoms with Gasteiger partial charge < -0.3 is 10.1 Å². The van der Waals surface area contributed by atoms with Crippen LogP contribution >= 0.6 is 11.6 Å². The average Bonchev–Trinajstić information content (AvgIpc) is 3.37. The third kappa shape index (κ3) is 5.11. The van der Waals surface area contributed by atoms with Crippen LogP contribution in [0.1, 0.15) is 58.4 Å². The third-order valence-corrected chi connectivity index (χ3v) is 7.15. The van der Waals surface area contributed by atoms with E-state index in [1.165, 1.54) is 6.07 Å². The summed E-state index contributed by atoms with van der Waals surface area (Å²) in [6.45, 7) is 2.10. The van der Waals surface area contributed by atoms with Crippen LogP contribution in [-0.4, -0.2) is 26.8 Å². The number of rotatable bonds is 9. The van der Waals surface area contributed by atoms with Crippen molar-refractivity contribution >= 4 is 34.4 Å². The van der Waals surface area contributed by atoms with E-state index in [1.54, 1.807) is 18.2 Å². The van der Waals surface area contributed by atoms with E-state index in [2.05, 4.69) is 11.9 Å². The van der Waals surface area contributed by atoms with Gasteiger partial charge in [-0.05, 0) is 47.7 Å². The van der Waals surface area contributed by atoms with E-state index < -0.39 is 5.97 Å². The number of nitrogens with one attached hydrogen (secondary N) is 1. The molecular weight excluding hydrogens is 496 g/mol. The van der Waals surface area contributed by atoms with Gasteiger partial charge in [0.05, 0.1) is 16.6 Å². The van der Waals surface area contributed by atoms with Crippen LogP contribution in [0, 0.1) is 0 Å². The lowest BCUT2D eigenvalue weighted by Crippen LogP contribution is -2.10. The summed E-state index contributed by atoms with van der Waals surface area (Å²) in [5, 5.41) is 10.6. The number of aromatic amines is 1. The summed E-state index contributed by atoms with van der Waals surface area (Å²) >= 11 is 6.66. The molecule has 1 atom stereocenters. The van der Waals surface area contributed by atoms with E-state index in [9.17, 15) is 14.7 Å². The largest absolute Gasteiger partial charge is 0.478 e. The number of aromatic nitrogens is 2. The number of benzene rings is 4. The first-order valence-electron chi connectivity index (χ1n) is 12.7. The number of imidazole rings is 1. The molecule has 0 aliphatic rings.